The summed E-state index contributed by atoms with van der Waals surface area (Å²) >= 11 is 0. The van der Waals surface area contributed by atoms with Crippen molar-refractivity contribution in [3.63, 3.8) is 0 Å². The Bertz CT molecular complexity index is 525. The van der Waals surface area contributed by atoms with Crippen molar-refractivity contribution in [1.82, 2.24) is 14.5 Å². The average Bonchev–Trinajstić information content (AvgIpc) is 3.08. The number of nitrogens with zero attached hydrogens (tertiary/aromatic N) is 3. The fraction of sp³-hybridized carbons (Fsp3) is 0.500. The van der Waals surface area contributed by atoms with Gasteiger partial charge in [-0.15, -0.1) is 0 Å². The molecule has 3 rings (SSSR count). The molecule has 1 aliphatic rings. The van der Waals surface area contributed by atoms with Gasteiger partial charge in [-0.1, -0.05) is 6.92 Å². The van der Waals surface area contributed by atoms with Gasteiger partial charge in [0.15, 0.2) is 5.65 Å². The van der Waals surface area contributed by atoms with Crippen molar-refractivity contribution in [2.75, 3.05) is 0 Å². The Morgan fingerprint density at radius 3 is 2.94 bits per heavy atom. The molecule has 0 atom stereocenters. The van der Waals surface area contributed by atoms with Crippen LogP contribution >= 0.6 is 0 Å². The molecule has 0 bridgehead atoms. The lowest BCUT2D eigenvalue weighted by molar-refractivity contribution is 0.702. The summed E-state index contributed by atoms with van der Waals surface area (Å²) in [5.41, 5.74) is 8.68. The van der Waals surface area contributed by atoms with Crippen LogP contribution in [0, 0.1) is 0 Å². The van der Waals surface area contributed by atoms with Gasteiger partial charge in [-0.3, -0.25) is 0 Å². The molecule has 2 aromatic rings. The molecule has 0 spiro atoms. The summed E-state index contributed by atoms with van der Waals surface area (Å²) in [7, 11) is 0. The number of imidazole rings is 1. The van der Waals surface area contributed by atoms with Gasteiger partial charge >= 0.3 is 0 Å². The zero-order chi connectivity index (χ0) is 11.1. The number of fused-ring (bicyclic) bond motifs is 1. The third-order valence-corrected chi connectivity index (χ3v) is 3.12. The molecular weight excluding hydrogens is 200 g/mol. The number of nitrogens with two attached hydrogens (primary N) is 1. The van der Waals surface area contributed by atoms with Crippen molar-refractivity contribution in [3.8, 4) is 0 Å². The minimum atomic E-state index is 0.528. The number of aromatic nitrogens is 3. The van der Waals surface area contributed by atoms with E-state index in [1.54, 1.807) is 0 Å². The normalized spacial score (nSPS) is 15.9. The molecule has 2 aromatic heterocycles. The summed E-state index contributed by atoms with van der Waals surface area (Å²) in [6, 6.07) is 2.69. The highest BCUT2D eigenvalue weighted by Gasteiger charge is 2.28. The molecule has 0 unspecified atom stereocenters. The van der Waals surface area contributed by atoms with Crippen LogP contribution in [0.15, 0.2) is 12.3 Å². The van der Waals surface area contributed by atoms with Gasteiger partial charge in [-0.05, 0) is 24.5 Å². The van der Waals surface area contributed by atoms with Gasteiger partial charge in [0.05, 0.1) is 0 Å². The van der Waals surface area contributed by atoms with Crippen LogP contribution in [0.3, 0.4) is 0 Å². The largest absolute Gasteiger partial charge is 0.326 e. The SMILES string of the molecule is CCc1nc2cc(CN)cnc2n1C1CC1. The topological polar surface area (TPSA) is 56.7 Å². The third kappa shape index (κ3) is 1.41. The average molecular weight is 216 g/mol. The first-order chi connectivity index (χ1) is 7.83. The molecule has 0 saturated heterocycles. The van der Waals surface area contributed by atoms with Gasteiger partial charge in [-0.2, -0.15) is 0 Å². The number of aryl methyl sites for hydroxylation is 1. The van der Waals surface area contributed by atoms with E-state index in [1.807, 2.05) is 6.20 Å². The van der Waals surface area contributed by atoms with Crippen LogP contribution in [0.5, 0.6) is 0 Å². The Morgan fingerprint density at radius 2 is 2.31 bits per heavy atom. The summed E-state index contributed by atoms with van der Waals surface area (Å²) in [5.74, 6) is 1.15. The second-order valence-electron chi connectivity index (χ2n) is 4.37. The second-order valence-corrected chi connectivity index (χ2v) is 4.37. The van der Waals surface area contributed by atoms with Crippen molar-refractivity contribution in [2.45, 2.75) is 38.8 Å². The van der Waals surface area contributed by atoms with E-state index >= 15 is 0 Å². The first-order valence-corrected chi connectivity index (χ1v) is 5.89. The number of pyridine rings is 1. The van der Waals surface area contributed by atoms with Crippen LogP contribution in [0.4, 0.5) is 0 Å². The van der Waals surface area contributed by atoms with Crippen LogP contribution in [-0.2, 0) is 13.0 Å². The molecule has 84 valence electrons. The lowest BCUT2D eigenvalue weighted by Gasteiger charge is -2.04. The maximum atomic E-state index is 5.62. The standard InChI is InChI=1S/C12H16N4/c1-2-11-15-10-5-8(6-13)7-14-12(10)16(11)9-3-4-9/h5,7,9H,2-4,6,13H2,1H3. The predicted molar refractivity (Wildman–Crippen MR) is 63.1 cm³/mol. The van der Waals surface area contributed by atoms with Crippen molar-refractivity contribution in [3.05, 3.63) is 23.7 Å². The first kappa shape index (κ1) is 9.78. The number of rotatable bonds is 3. The maximum Gasteiger partial charge on any atom is 0.160 e. The van der Waals surface area contributed by atoms with Gasteiger partial charge < -0.3 is 10.3 Å². The highest BCUT2D eigenvalue weighted by Crippen LogP contribution is 2.38. The third-order valence-electron chi connectivity index (χ3n) is 3.12. The first-order valence-electron chi connectivity index (χ1n) is 5.89. The molecule has 2 N–H and O–H groups in total. The van der Waals surface area contributed by atoms with E-state index in [1.165, 1.54) is 12.8 Å². The molecule has 16 heavy (non-hydrogen) atoms. The predicted octanol–water partition coefficient (Wildman–Crippen LogP) is 1.79. The molecule has 0 aromatic carbocycles. The van der Waals surface area contributed by atoms with Gasteiger partial charge in [0, 0.05) is 25.2 Å². The molecule has 4 nitrogen and oxygen atoms in total. The van der Waals surface area contributed by atoms with E-state index in [-0.39, 0.29) is 0 Å². The quantitative estimate of drug-likeness (QED) is 0.851. The van der Waals surface area contributed by atoms with Gasteiger partial charge in [0.25, 0.3) is 0 Å². The summed E-state index contributed by atoms with van der Waals surface area (Å²) in [6.07, 6.45) is 5.35. The lowest BCUT2D eigenvalue weighted by atomic mass is 10.3. The monoisotopic (exact) mass is 216 g/mol. The van der Waals surface area contributed by atoms with Crippen molar-refractivity contribution in [2.24, 2.45) is 5.73 Å². The molecule has 1 saturated carbocycles. The number of hydrogen-bond donors (Lipinski definition) is 1. The smallest absolute Gasteiger partial charge is 0.160 e. The number of hydrogen-bond acceptors (Lipinski definition) is 3. The highest BCUT2D eigenvalue weighted by molar-refractivity contribution is 5.72. The van der Waals surface area contributed by atoms with E-state index in [0.717, 1.165) is 29.0 Å². The summed E-state index contributed by atoms with van der Waals surface area (Å²) in [5, 5.41) is 0. The van der Waals surface area contributed by atoms with E-state index in [2.05, 4.69) is 27.5 Å². The zero-order valence-corrected chi connectivity index (χ0v) is 9.48. The second kappa shape index (κ2) is 3.56. The van der Waals surface area contributed by atoms with Crippen LogP contribution in [0.25, 0.3) is 11.2 Å². The van der Waals surface area contributed by atoms with Gasteiger partial charge in [-0.25, -0.2) is 9.97 Å². The fourth-order valence-electron chi connectivity index (χ4n) is 2.15. The van der Waals surface area contributed by atoms with Crippen molar-refractivity contribution < 1.29 is 0 Å². The minimum Gasteiger partial charge on any atom is -0.326 e. The summed E-state index contributed by atoms with van der Waals surface area (Å²) in [6.45, 7) is 2.67. The molecule has 1 fully saturated rings. The Balaban J connectivity index is 2.21. The molecule has 1 aliphatic carbocycles. The molecule has 0 radical (unpaired) electrons. The summed E-state index contributed by atoms with van der Waals surface area (Å²) in [4.78, 5) is 9.15. The Hall–Kier alpha value is -1.42. The Morgan fingerprint density at radius 1 is 1.50 bits per heavy atom. The Labute approximate surface area is 94.5 Å². The Kier molecular flexibility index (Phi) is 2.17. The lowest BCUT2D eigenvalue weighted by Crippen LogP contribution is -2.01. The van der Waals surface area contributed by atoms with Crippen LogP contribution in [0.1, 0.15) is 37.2 Å². The van der Waals surface area contributed by atoms with Crippen LogP contribution in [0.2, 0.25) is 0 Å². The van der Waals surface area contributed by atoms with Crippen LogP contribution in [-0.4, -0.2) is 14.5 Å². The maximum absolute atomic E-state index is 5.62. The highest BCUT2D eigenvalue weighted by atomic mass is 15.2. The van der Waals surface area contributed by atoms with Gasteiger partial charge in [0.1, 0.15) is 11.3 Å². The van der Waals surface area contributed by atoms with E-state index in [4.69, 9.17) is 5.73 Å². The molecular formula is C12H16N4. The van der Waals surface area contributed by atoms with Crippen molar-refractivity contribution in [1.29, 1.82) is 0 Å². The molecule has 2 heterocycles. The molecule has 0 amide bonds. The molecule has 4 heteroatoms. The van der Waals surface area contributed by atoms with Gasteiger partial charge in [0.2, 0.25) is 0 Å². The summed E-state index contributed by atoms with van der Waals surface area (Å²) < 4.78 is 2.30. The van der Waals surface area contributed by atoms with Crippen LogP contribution < -0.4 is 5.73 Å². The van der Waals surface area contributed by atoms with E-state index in [0.29, 0.717) is 12.6 Å². The van der Waals surface area contributed by atoms with Crippen molar-refractivity contribution >= 4 is 11.2 Å². The fourth-order valence-corrected chi connectivity index (χ4v) is 2.15. The van der Waals surface area contributed by atoms with E-state index < -0.39 is 0 Å². The van der Waals surface area contributed by atoms with E-state index in [9.17, 15) is 0 Å². The zero-order valence-electron chi connectivity index (χ0n) is 9.48. The minimum absolute atomic E-state index is 0.528. The molecule has 0 aliphatic heterocycles.